The predicted molar refractivity (Wildman–Crippen MR) is 100 cm³/mol. The van der Waals surface area contributed by atoms with E-state index < -0.39 is 5.97 Å². The van der Waals surface area contributed by atoms with Crippen molar-refractivity contribution in [3.05, 3.63) is 45.9 Å². The molecule has 0 saturated heterocycles. The van der Waals surface area contributed by atoms with E-state index in [4.69, 9.17) is 5.11 Å². The first-order chi connectivity index (χ1) is 11.5. The van der Waals surface area contributed by atoms with E-state index in [0.29, 0.717) is 17.9 Å². The van der Waals surface area contributed by atoms with Crippen LogP contribution in [-0.2, 0) is 10.5 Å². The molecular formula is C16H18N2O3S3. The van der Waals surface area contributed by atoms with Gasteiger partial charge in [0.15, 0.2) is 0 Å². The number of thiazole rings is 1. The summed E-state index contributed by atoms with van der Waals surface area (Å²) in [6, 6.07) is 7.46. The van der Waals surface area contributed by atoms with Crippen LogP contribution >= 0.6 is 34.9 Å². The molecule has 0 saturated carbocycles. The normalized spacial score (nSPS) is 10.5. The first-order valence-corrected chi connectivity index (χ1v) is 10.3. The van der Waals surface area contributed by atoms with Gasteiger partial charge in [0.25, 0.3) is 5.91 Å². The fourth-order valence-electron chi connectivity index (χ4n) is 1.83. The van der Waals surface area contributed by atoms with E-state index in [-0.39, 0.29) is 11.7 Å². The number of carbonyl (C=O) groups is 2. The molecule has 0 aliphatic carbocycles. The molecule has 0 atom stereocenters. The molecule has 1 amide bonds. The molecule has 5 nitrogen and oxygen atoms in total. The SMILES string of the molecule is Cc1nc(CSc2ccc(C(=O)NCCSCC(=O)O)cc2)cs1. The zero-order valence-corrected chi connectivity index (χ0v) is 15.6. The summed E-state index contributed by atoms with van der Waals surface area (Å²) in [5.74, 6) is 0.473. The number of amides is 1. The average molecular weight is 383 g/mol. The summed E-state index contributed by atoms with van der Waals surface area (Å²) in [6.45, 7) is 2.45. The Bertz CT molecular complexity index is 686. The van der Waals surface area contributed by atoms with E-state index in [1.165, 1.54) is 11.8 Å². The molecule has 1 heterocycles. The minimum absolute atomic E-state index is 0.0559. The van der Waals surface area contributed by atoms with Crippen molar-refractivity contribution in [3.8, 4) is 0 Å². The van der Waals surface area contributed by atoms with Crippen molar-refractivity contribution in [2.24, 2.45) is 0 Å². The number of nitrogens with zero attached hydrogens (tertiary/aromatic N) is 1. The molecule has 0 bridgehead atoms. The van der Waals surface area contributed by atoms with Crippen molar-refractivity contribution in [3.63, 3.8) is 0 Å². The molecule has 1 aromatic carbocycles. The second kappa shape index (κ2) is 9.71. The van der Waals surface area contributed by atoms with Gasteiger partial charge in [0.1, 0.15) is 0 Å². The zero-order valence-electron chi connectivity index (χ0n) is 13.2. The Morgan fingerprint density at radius 2 is 2.04 bits per heavy atom. The molecule has 0 fully saturated rings. The van der Waals surface area contributed by atoms with Crippen LogP contribution in [0.4, 0.5) is 0 Å². The highest BCUT2D eigenvalue weighted by atomic mass is 32.2. The number of aryl methyl sites for hydroxylation is 1. The lowest BCUT2D eigenvalue weighted by molar-refractivity contribution is -0.133. The predicted octanol–water partition coefficient (Wildman–Crippen LogP) is 3.29. The Balaban J connectivity index is 1.74. The number of rotatable bonds is 9. The zero-order chi connectivity index (χ0) is 17.4. The maximum Gasteiger partial charge on any atom is 0.313 e. The number of benzene rings is 1. The first-order valence-electron chi connectivity index (χ1n) is 7.26. The third-order valence-electron chi connectivity index (χ3n) is 2.93. The fraction of sp³-hybridized carbons (Fsp3) is 0.312. The number of carboxylic acid groups (broad SMARTS) is 1. The topological polar surface area (TPSA) is 79.3 Å². The van der Waals surface area contributed by atoms with Crippen LogP contribution in [0, 0.1) is 6.92 Å². The third-order valence-corrected chi connectivity index (χ3v) is 5.74. The minimum Gasteiger partial charge on any atom is -0.481 e. The van der Waals surface area contributed by atoms with Crippen LogP contribution in [0.1, 0.15) is 21.1 Å². The van der Waals surface area contributed by atoms with Crippen LogP contribution in [0.2, 0.25) is 0 Å². The van der Waals surface area contributed by atoms with E-state index in [2.05, 4.69) is 15.7 Å². The van der Waals surface area contributed by atoms with E-state index in [9.17, 15) is 9.59 Å². The minimum atomic E-state index is -0.841. The van der Waals surface area contributed by atoms with Gasteiger partial charge in [-0.05, 0) is 31.2 Å². The standard InChI is InChI=1S/C16H18N2O3S3/c1-11-18-13(8-23-11)9-24-14-4-2-12(3-5-14)16(21)17-6-7-22-10-15(19)20/h2-5,8H,6-7,9-10H2,1H3,(H,17,21)(H,19,20). The molecule has 2 rings (SSSR count). The van der Waals surface area contributed by atoms with Crippen molar-refractivity contribution >= 4 is 46.7 Å². The van der Waals surface area contributed by atoms with Gasteiger partial charge in [0.05, 0.1) is 16.5 Å². The Morgan fingerprint density at radius 1 is 1.29 bits per heavy atom. The number of carboxylic acids is 1. The Labute approximate surface area is 153 Å². The van der Waals surface area contributed by atoms with Gasteiger partial charge in [-0.25, -0.2) is 4.98 Å². The summed E-state index contributed by atoms with van der Waals surface area (Å²) in [7, 11) is 0. The van der Waals surface area contributed by atoms with Crippen molar-refractivity contribution < 1.29 is 14.7 Å². The largest absolute Gasteiger partial charge is 0.481 e. The fourth-order valence-corrected chi connectivity index (χ4v) is 3.91. The maximum atomic E-state index is 12.0. The van der Waals surface area contributed by atoms with Gasteiger partial charge in [-0.3, -0.25) is 9.59 Å². The third kappa shape index (κ3) is 6.54. The van der Waals surface area contributed by atoms with Crippen LogP contribution < -0.4 is 5.32 Å². The summed E-state index contributed by atoms with van der Waals surface area (Å²) in [5.41, 5.74) is 1.68. The van der Waals surface area contributed by atoms with Gasteiger partial charge >= 0.3 is 5.97 Å². The van der Waals surface area contributed by atoms with Crippen LogP contribution in [0.25, 0.3) is 0 Å². The molecule has 2 aromatic rings. The number of carbonyl (C=O) groups excluding carboxylic acids is 1. The highest BCUT2D eigenvalue weighted by molar-refractivity contribution is 7.99. The number of aliphatic carboxylic acids is 1. The molecular weight excluding hydrogens is 364 g/mol. The molecule has 1 aromatic heterocycles. The second-order valence-electron chi connectivity index (χ2n) is 4.87. The summed E-state index contributed by atoms with van der Waals surface area (Å²) in [6.07, 6.45) is 0. The lowest BCUT2D eigenvalue weighted by atomic mass is 10.2. The molecule has 0 radical (unpaired) electrons. The highest BCUT2D eigenvalue weighted by Crippen LogP contribution is 2.23. The van der Waals surface area contributed by atoms with E-state index >= 15 is 0 Å². The lowest BCUT2D eigenvalue weighted by Gasteiger charge is -2.06. The molecule has 0 unspecified atom stereocenters. The number of aromatic nitrogens is 1. The van der Waals surface area contributed by atoms with Gasteiger partial charge in [-0.2, -0.15) is 0 Å². The number of nitrogens with one attached hydrogen (secondary N) is 1. The van der Waals surface area contributed by atoms with Crippen LogP contribution in [0.15, 0.2) is 34.5 Å². The van der Waals surface area contributed by atoms with Crippen LogP contribution in [-0.4, -0.2) is 40.0 Å². The molecule has 0 aliphatic rings. The Morgan fingerprint density at radius 3 is 2.67 bits per heavy atom. The molecule has 0 aliphatic heterocycles. The summed E-state index contributed by atoms with van der Waals surface area (Å²) >= 11 is 4.62. The quantitative estimate of drug-likeness (QED) is 0.512. The molecule has 24 heavy (non-hydrogen) atoms. The Hall–Kier alpha value is -1.51. The maximum absolute atomic E-state index is 12.0. The van der Waals surface area contributed by atoms with Crippen molar-refractivity contribution in [2.75, 3.05) is 18.1 Å². The number of hydrogen-bond donors (Lipinski definition) is 2. The van der Waals surface area contributed by atoms with E-state index in [0.717, 1.165) is 21.3 Å². The highest BCUT2D eigenvalue weighted by Gasteiger charge is 2.06. The Kier molecular flexibility index (Phi) is 7.61. The second-order valence-corrected chi connectivity index (χ2v) is 8.09. The van der Waals surface area contributed by atoms with Crippen LogP contribution in [0.5, 0.6) is 0 Å². The molecule has 128 valence electrons. The van der Waals surface area contributed by atoms with Gasteiger partial charge < -0.3 is 10.4 Å². The molecule has 8 heteroatoms. The molecule has 2 N–H and O–H groups in total. The first kappa shape index (κ1) is 18.8. The van der Waals surface area contributed by atoms with E-state index in [1.807, 2.05) is 19.1 Å². The summed E-state index contributed by atoms with van der Waals surface area (Å²) < 4.78 is 0. The van der Waals surface area contributed by atoms with E-state index in [1.54, 1.807) is 35.2 Å². The van der Waals surface area contributed by atoms with Gasteiger partial charge in [-0.1, -0.05) is 0 Å². The van der Waals surface area contributed by atoms with Crippen molar-refractivity contribution in [2.45, 2.75) is 17.6 Å². The van der Waals surface area contributed by atoms with Gasteiger partial charge in [-0.15, -0.1) is 34.9 Å². The van der Waals surface area contributed by atoms with Gasteiger partial charge in [0.2, 0.25) is 0 Å². The number of hydrogen-bond acceptors (Lipinski definition) is 6. The monoisotopic (exact) mass is 382 g/mol. The average Bonchev–Trinajstić information content (AvgIpc) is 2.98. The van der Waals surface area contributed by atoms with Crippen LogP contribution in [0.3, 0.4) is 0 Å². The molecule has 0 spiro atoms. The lowest BCUT2D eigenvalue weighted by Crippen LogP contribution is -2.25. The summed E-state index contributed by atoms with van der Waals surface area (Å²) in [5, 5.41) is 14.4. The van der Waals surface area contributed by atoms with Crippen molar-refractivity contribution in [1.29, 1.82) is 0 Å². The number of thioether (sulfide) groups is 2. The summed E-state index contributed by atoms with van der Waals surface area (Å²) in [4.78, 5) is 27.9. The van der Waals surface area contributed by atoms with Crippen molar-refractivity contribution in [1.82, 2.24) is 10.3 Å². The van der Waals surface area contributed by atoms with Gasteiger partial charge in [0, 0.05) is 33.9 Å². The smallest absolute Gasteiger partial charge is 0.313 e.